The molecule has 1 rings (SSSR count). The second-order valence-corrected chi connectivity index (χ2v) is 4.80. The van der Waals surface area contributed by atoms with Crippen LogP contribution < -0.4 is 0 Å². The molecule has 1 unspecified atom stereocenters. The third-order valence-electron chi connectivity index (χ3n) is 3.22. The Morgan fingerprint density at radius 1 is 1.38 bits per heavy atom. The van der Waals surface area contributed by atoms with Crippen molar-refractivity contribution in [3.8, 4) is 11.8 Å². The first kappa shape index (κ1) is 17.0. The maximum Gasteiger partial charge on any atom is 0.305 e. The predicted octanol–water partition coefficient (Wildman–Crippen LogP) is 0.887. The Labute approximate surface area is 124 Å². The first-order valence-corrected chi connectivity index (χ1v) is 7.00. The molecule has 1 saturated heterocycles. The van der Waals surface area contributed by atoms with Crippen LogP contribution in [0.2, 0.25) is 0 Å². The summed E-state index contributed by atoms with van der Waals surface area (Å²) in [5.41, 5.74) is 0. The number of carbonyl (C=O) groups is 3. The molecule has 0 aromatic rings. The topological polar surface area (TPSA) is 72.9 Å². The summed E-state index contributed by atoms with van der Waals surface area (Å²) in [6.07, 6.45) is 2.74. The molecular weight excluding hydrogens is 274 g/mol. The average molecular weight is 295 g/mol. The van der Waals surface area contributed by atoms with E-state index in [-0.39, 0.29) is 30.5 Å². The van der Waals surface area contributed by atoms with Crippen molar-refractivity contribution in [2.45, 2.75) is 45.1 Å². The predicted molar refractivity (Wildman–Crippen MR) is 75.0 cm³/mol. The Balaban J connectivity index is 2.32. The van der Waals surface area contributed by atoms with Crippen LogP contribution >= 0.6 is 0 Å². The molecule has 0 radical (unpaired) electrons. The molecule has 0 aromatic carbocycles. The van der Waals surface area contributed by atoms with Crippen molar-refractivity contribution in [2.24, 2.45) is 0 Å². The van der Waals surface area contributed by atoms with Gasteiger partial charge < -0.3 is 14.4 Å². The van der Waals surface area contributed by atoms with Gasteiger partial charge in [0, 0.05) is 26.2 Å². The number of rotatable bonds is 6. The highest BCUT2D eigenvalue weighted by Gasteiger charge is 2.30. The largest absolute Gasteiger partial charge is 0.469 e. The molecule has 0 bridgehead atoms. The van der Waals surface area contributed by atoms with Gasteiger partial charge in [0.2, 0.25) is 5.91 Å². The maximum absolute atomic E-state index is 11.7. The Morgan fingerprint density at radius 3 is 2.81 bits per heavy atom. The number of nitrogens with zero attached hydrogens (tertiary/aromatic N) is 1. The number of hydrogen-bond acceptors (Lipinski definition) is 5. The van der Waals surface area contributed by atoms with Gasteiger partial charge in [0.15, 0.2) is 0 Å². The highest BCUT2D eigenvalue weighted by Crippen LogP contribution is 2.18. The fourth-order valence-electron chi connectivity index (χ4n) is 2.05. The van der Waals surface area contributed by atoms with Crippen LogP contribution in [0.3, 0.4) is 0 Å². The number of amides is 1. The number of unbranched alkanes of at least 4 members (excludes halogenated alkanes) is 1. The summed E-state index contributed by atoms with van der Waals surface area (Å²) in [6, 6.07) is -0.0780. The molecular formula is C15H21NO5. The van der Waals surface area contributed by atoms with Gasteiger partial charge in [0.25, 0.3) is 0 Å². The lowest BCUT2D eigenvalue weighted by Gasteiger charge is -2.21. The molecule has 1 aliphatic rings. The lowest BCUT2D eigenvalue weighted by Crippen LogP contribution is -2.36. The van der Waals surface area contributed by atoms with Crippen LogP contribution in [-0.2, 0) is 23.9 Å². The summed E-state index contributed by atoms with van der Waals surface area (Å²) < 4.78 is 9.49. The third kappa shape index (κ3) is 6.30. The van der Waals surface area contributed by atoms with Crippen LogP contribution in [-0.4, -0.2) is 49.0 Å². The van der Waals surface area contributed by atoms with Crippen LogP contribution in [0.4, 0.5) is 0 Å². The van der Waals surface area contributed by atoms with E-state index in [2.05, 4.69) is 16.6 Å². The second-order valence-electron chi connectivity index (χ2n) is 4.80. The number of likely N-dealkylation sites (tertiary alicyclic amines) is 1. The monoisotopic (exact) mass is 295 g/mol. The molecule has 0 saturated carbocycles. The molecule has 1 fully saturated rings. The fraction of sp³-hybridized carbons (Fsp3) is 0.667. The van der Waals surface area contributed by atoms with Gasteiger partial charge in [-0.25, -0.2) is 0 Å². The summed E-state index contributed by atoms with van der Waals surface area (Å²) in [5.74, 6) is 5.32. The fourth-order valence-corrected chi connectivity index (χ4v) is 2.05. The van der Waals surface area contributed by atoms with Crippen LogP contribution in [0.25, 0.3) is 0 Å². The molecule has 21 heavy (non-hydrogen) atoms. The Bertz CT molecular complexity index is 449. The van der Waals surface area contributed by atoms with Crippen molar-refractivity contribution in [1.82, 2.24) is 4.90 Å². The van der Waals surface area contributed by atoms with Crippen LogP contribution in [0.1, 0.15) is 39.0 Å². The molecule has 0 aromatic heterocycles. The van der Waals surface area contributed by atoms with Crippen molar-refractivity contribution in [3.63, 3.8) is 0 Å². The van der Waals surface area contributed by atoms with Crippen molar-refractivity contribution in [1.29, 1.82) is 0 Å². The van der Waals surface area contributed by atoms with Gasteiger partial charge in [0.1, 0.15) is 6.61 Å². The average Bonchev–Trinajstić information content (AvgIpc) is 2.80. The van der Waals surface area contributed by atoms with Gasteiger partial charge in [-0.1, -0.05) is 5.92 Å². The van der Waals surface area contributed by atoms with E-state index in [1.54, 1.807) is 4.90 Å². The van der Waals surface area contributed by atoms with E-state index in [4.69, 9.17) is 4.74 Å². The van der Waals surface area contributed by atoms with E-state index in [0.717, 1.165) is 0 Å². The smallest absolute Gasteiger partial charge is 0.305 e. The molecule has 0 spiro atoms. The van der Waals surface area contributed by atoms with Crippen LogP contribution in [0, 0.1) is 11.8 Å². The minimum Gasteiger partial charge on any atom is -0.469 e. The first-order valence-electron chi connectivity index (χ1n) is 7.00. The molecule has 6 heteroatoms. The summed E-state index contributed by atoms with van der Waals surface area (Å²) in [6.45, 7) is 1.91. The number of ether oxygens (including phenoxy) is 2. The Kier molecular flexibility index (Phi) is 7.30. The zero-order valence-corrected chi connectivity index (χ0v) is 12.5. The molecule has 116 valence electrons. The van der Waals surface area contributed by atoms with E-state index >= 15 is 0 Å². The van der Waals surface area contributed by atoms with Gasteiger partial charge in [-0.05, 0) is 12.8 Å². The highest BCUT2D eigenvalue weighted by atomic mass is 16.5. The first-order chi connectivity index (χ1) is 10.0. The molecule has 0 N–H and O–H groups in total. The second kappa shape index (κ2) is 9.01. The van der Waals surface area contributed by atoms with Crippen LogP contribution in [0.5, 0.6) is 0 Å². The highest BCUT2D eigenvalue weighted by molar-refractivity contribution is 5.79. The van der Waals surface area contributed by atoms with Crippen molar-refractivity contribution >= 4 is 17.8 Å². The van der Waals surface area contributed by atoms with Crippen LogP contribution in [0.15, 0.2) is 0 Å². The number of hydrogen-bond donors (Lipinski definition) is 0. The van der Waals surface area contributed by atoms with Gasteiger partial charge in [-0.2, -0.15) is 0 Å². The summed E-state index contributed by atoms with van der Waals surface area (Å²) >= 11 is 0. The van der Waals surface area contributed by atoms with Gasteiger partial charge in [-0.3, -0.25) is 14.4 Å². The number of carbonyl (C=O) groups excluding carboxylic acids is 3. The minimum absolute atomic E-state index is 0.0380. The zero-order chi connectivity index (χ0) is 15.7. The molecule has 1 amide bonds. The normalized spacial score (nSPS) is 17.1. The number of esters is 2. The van der Waals surface area contributed by atoms with E-state index in [0.29, 0.717) is 38.6 Å². The third-order valence-corrected chi connectivity index (χ3v) is 3.22. The summed E-state index contributed by atoms with van der Waals surface area (Å²) in [5, 5.41) is 0. The molecule has 1 aliphatic heterocycles. The van der Waals surface area contributed by atoms with E-state index < -0.39 is 0 Å². The minimum atomic E-state index is -0.344. The van der Waals surface area contributed by atoms with Crippen molar-refractivity contribution in [2.75, 3.05) is 20.3 Å². The van der Waals surface area contributed by atoms with Crippen molar-refractivity contribution < 1.29 is 23.9 Å². The van der Waals surface area contributed by atoms with Gasteiger partial charge in [0.05, 0.1) is 19.7 Å². The summed E-state index contributed by atoms with van der Waals surface area (Å²) in [7, 11) is 1.36. The Hall–Kier alpha value is -2.03. The standard InChI is InChI=1S/C15H21NO5/c1-12(17)21-11-13-8-9-14(18)16(13)10-6-4-3-5-7-15(19)20-2/h13H,3,5,7-11H2,1-2H3. The molecule has 0 aliphatic carbocycles. The molecule has 1 atom stereocenters. The SMILES string of the molecule is COC(=O)CCCC#CCN1C(=O)CCC1COC(C)=O. The van der Waals surface area contributed by atoms with E-state index in [1.165, 1.54) is 14.0 Å². The zero-order valence-electron chi connectivity index (χ0n) is 12.5. The lowest BCUT2D eigenvalue weighted by atomic mass is 10.2. The van der Waals surface area contributed by atoms with E-state index in [1.807, 2.05) is 0 Å². The quantitative estimate of drug-likeness (QED) is 0.413. The van der Waals surface area contributed by atoms with E-state index in [9.17, 15) is 14.4 Å². The maximum atomic E-state index is 11.7. The molecule has 1 heterocycles. The van der Waals surface area contributed by atoms with Crippen molar-refractivity contribution in [3.05, 3.63) is 0 Å². The van der Waals surface area contributed by atoms with Gasteiger partial charge in [-0.15, -0.1) is 5.92 Å². The molecule has 6 nitrogen and oxygen atoms in total. The summed E-state index contributed by atoms with van der Waals surface area (Å²) in [4.78, 5) is 35.1. The van der Waals surface area contributed by atoms with Gasteiger partial charge >= 0.3 is 11.9 Å². The lowest BCUT2D eigenvalue weighted by molar-refractivity contribution is -0.144. The number of methoxy groups -OCH3 is 1. The Morgan fingerprint density at radius 2 is 2.14 bits per heavy atom.